The molecule has 1 aromatic carbocycles. The number of methoxy groups -OCH3 is 1. The lowest BCUT2D eigenvalue weighted by Gasteiger charge is -2.22. The molecule has 0 aliphatic rings. The zero-order valence-corrected chi connectivity index (χ0v) is 15.0. The summed E-state index contributed by atoms with van der Waals surface area (Å²) in [5, 5.41) is 10.8. The molecule has 0 saturated carbocycles. The summed E-state index contributed by atoms with van der Waals surface area (Å²) < 4.78 is 5.63. The van der Waals surface area contributed by atoms with Crippen molar-refractivity contribution < 1.29 is 14.3 Å². The van der Waals surface area contributed by atoms with Crippen LogP contribution in [0.3, 0.4) is 0 Å². The van der Waals surface area contributed by atoms with E-state index in [-0.39, 0.29) is 23.8 Å². The highest BCUT2D eigenvalue weighted by Crippen LogP contribution is 2.20. The molecule has 1 aromatic heterocycles. The number of rotatable bonds is 6. The average Bonchev–Trinajstić information content (AvgIpc) is 3.08. The molecular weight excluding hydrogens is 320 g/mol. The maximum atomic E-state index is 12.6. The van der Waals surface area contributed by atoms with Crippen LogP contribution in [0.25, 0.3) is 0 Å². The highest BCUT2D eigenvalue weighted by atomic mass is 16.5. The Kier molecular flexibility index (Phi) is 6.27. The van der Waals surface area contributed by atoms with Gasteiger partial charge in [-0.2, -0.15) is 4.68 Å². The third kappa shape index (κ3) is 4.89. The van der Waals surface area contributed by atoms with E-state index >= 15 is 0 Å². The summed E-state index contributed by atoms with van der Waals surface area (Å²) in [6.45, 7) is 5.85. The number of nitrogens with one attached hydrogen (secondary N) is 1. The highest BCUT2D eigenvalue weighted by Gasteiger charge is 2.25. The predicted octanol–water partition coefficient (Wildman–Crippen LogP) is 2.58. The Labute approximate surface area is 147 Å². The lowest BCUT2D eigenvalue weighted by atomic mass is 9.97. The summed E-state index contributed by atoms with van der Waals surface area (Å²) in [7, 11) is 1.27. The van der Waals surface area contributed by atoms with Crippen molar-refractivity contribution in [1.29, 1.82) is 0 Å². The summed E-state index contributed by atoms with van der Waals surface area (Å²) in [5.41, 5.74) is 1.64. The quantitative estimate of drug-likeness (QED) is 0.870. The second kappa shape index (κ2) is 8.41. The van der Waals surface area contributed by atoms with Crippen LogP contribution in [0.5, 0.6) is 0 Å². The molecule has 0 aliphatic heterocycles. The molecular formula is C18H24N4O3. The van der Waals surface area contributed by atoms with Crippen LogP contribution in [0.2, 0.25) is 0 Å². The van der Waals surface area contributed by atoms with Crippen molar-refractivity contribution in [3.05, 3.63) is 47.8 Å². The predicted molar refractivity (Wildman–Crippen MR) is 92.9 cm³/mol. The van der Waals surface area contributed by atoms with Gasteiger partial charge >= 0.3 is 6.09 Å². The summed E-state index contributed by atoms with van der Waals surface area (Å²) in [5.74, 6) is -0.148. The maximum Gasteiger partial charge on any atom is 0.435 e. The van der Waals surface area contributed by atoms with Crippen molar-refractivity contribution in [1.82, 2.24) is 20.3 Å². The van der Waals surface area contributed by atoms with Gasteiger partial charge in [0.25, 0.3) is 0 Å². The molecule has 0 radical (unpaired) electrons. The number of nitrogens with zero attached hydrogens (tertiary/aromatic N) is 3. The summed E-state index contributed by atoms with van der Waals surface area (Å²) in [6.07, 6.45) is 1.52. The first kappa shape index (κ1) is 18.6. The molecule has 2 aromatic rings. The normalized spacial score (nSPS) is 13.3. The van der Waals surface area contributed by atoms with E-state index in [9.17, 15) is 9.59 Å². The number of hydrogen-bond acceptors (Lipinski definition) is 5. The molecule has 1 unspecified atom stereocenters. The van der Waals surface area contributed by atoms with Crippen molar-refractivity contribution in [2.24, 2.45) is 11.8 Å². The Morgan fingerprint density at radius 2 is 1.88 bits per heavy atom. The molecule has 25 heavy (non-hydrogen) atoms. The Morgan fingerprint density at radius 1 is 1.20 bits per heavy atom. The SMILES string of the molecule is COC(=O)n1cc(C(NC(=O)[C@@H](C)Cc2ccccc2)C(C)C)nn1. The minimum atomic E-state index is -0.620. The molecule has 1 heterocycles. The fraction of sp³-hybridized carbons (Fsp3) is 0.444. The molecule has 0 bridgehead atoms. The molecule has 0 saturated heterocycles. The Balaban J connectivity index is 2.06. The van der Waals surface area contributed by atoms with Crippen molar-refractivity contribution in [2.75, 3.05) is 7.11 Å². The molecule has 1 amide bonds. The zero-order valence-electron chi connectivity index (χ0n) is 15.0. The van der Waals surface area contributed by atoms with Crippen LogP contribution in [-0.2, 0) is 16.0 Å². The van der Waals surface area contributed by atoms with E-state index in [1.165, 1.54) is 13.3 Å². The number of carbonyl (C=O) groups excluding carboxylic acids is 2. The first-order valence-corrected chi connectivity index (χ1v) is 8.27. The number of carbonyl (C=O) groups is 2. The average molecular weight is 344 g/mol. The van der Waals surface area contributed by atoms with E-state index in [1.54, 1.807) is 0 Å². The molecule has 7 nitrogen and oxygen atoms in total. The number of ether oxygens (including phenoxy) is 1. The van der Waals surface area contributed by atoms with Gasteiger partial charge in [-0.1, -0.05) is 56.3 Å². The number of amides is 1. The standard InChI is InChI=1S/C18H24N4O3/c1-12(2)16(15-11-22(21-20-15)18(24)25-4)19-17(23)13(3)10-14-8-6-5-7-9-14/h5-9,11-13,16H,10H2,1-4H3,(H,19,23)/t13-,16?/m0/s1. The van der Waals surface area contributed by atoms with Gasteiger partial charge in [-0.15, -0.1) is 5.10 Å². The first-order chi connectivity index (χ1) is 11.9. The molecule has 0 fully saturated rings. The van der Waals surface area contributed by atoms with E-state index < -0.39 is 6.09 Å². The van der Waals surface area contributed by atoms with Gasteiger partial charge in [0.05, 0.1) is 19.3 Å². The van der Waals surface area contributed by atoms with Crippen LogP contribution in [0.4, 0.5) is 4.79 Å². The van der Waals surface area contributed by atoms with Crippen LogP contribution in [0.1, 0.15) is 38.1 Å². The van der Waals surface area contributed by atoms with Crippen molar-refractivity contribution in [2.45, 2.75) is 33.2 Å². The first-order valence-electron chi connectivity index (χ1n) is 8.27. The van der Waals surface area contributed by atoms with Crippen LogP contribution in [0, 0.1) is 11.8 Å². The van der Waals surface area contributed by atoms with Gasteiger partial charge in [-0.05, 0) is 17.9 Å². The van der Waals surface area contributed by atoms with Gasteiger partial charge in [-0.3, -0.25) is 4.79 Å². The van der Waals surface area contributed by atoms with Crippen LogP contribution in [0.15, 0.2) is 36.5 Å². The fourth-order valence-electron chi connectivity index (χ4n) is 2.54. The lowest BCUT2D eigenvalue weighted by molar-refractivity contribution is -0.125. The third-order valence-electron chi connectivity index (χ3n) is 3.99. The topological polar surface area (TPSA) is 86.1 Å². The monoisotopic (exact) mass is 344 g/mol. The third-order valence-corrected chi connectivity index (χ3v) is 3.99. The van der Waals surface area contributed by atoms with Gasteiger partial charge in [0, 0.05) is 5.92 Å². The number of hydrogen-bond donors (Lipinski definition) is 1. The zero-order chi connectivity index (χ0) is 18.4. The highest BCUT2D eigenvalue weighted by molar-refractivity contribution is 5.79. The van der Waals surface area contributed by atoms with Gasteiger partial charge in [-0.25, -0.2) is 4.79 Å². The van der Waals surface area contributed by atoms with Crippen molar-refractivity contribution >= 4 is 12.0 Å². The summed E-state index contributed by atoms with van der Waals surface area (Å²) in [4.78, 5) is 24.1. The van der Waals surface area contributed by atoms with Crippen LogP contribution in [-0.4, -0.2) is 34.1 Å². The Hall–Kier alpha value is -2.70. The Bertz CT molecular complexity index is 712. The Morgan fingerprint density at radius 3 is 2.48 bits per heavy atom. The van der Waals surface area contributed by atoms with E-state index in [2.05, 4.69) is 20.4 Å². The second-order valence-electron chi connectivity index (χ2n) is 6.38. The van der Waals surface area contributed by atoms with Gasteiger partial charge in [0.15, 0.2) is 0 Å². The van der Waals surface area contributed by atoms with Gasteiger partial charge in [0.1, 0.15) is 5.69 Å². The number of aromatic nitrogens is 3. The van der Waals surface area contributed by atoms with E-state index in [0.29, 0.717) is 12.1 Å². The van der Waals surface area contributed by atoms with E-state index in [4.69, 9.17) is 0 Å². The van der Waals surface area contributed by atoms with Gasteiger partial charge < -0.3 is 10.1 Å². The summed E-state index contributed by atoms with van der Waals surface area (Å²) >= 11 is 0. The second-order valence-corrected chi connectivity index (χ2v) is 6.38. The lowest BCUT2D eigenvalue weighted by Crippen LogP contribution is -2.36. The minimum absolute atomic E-state index is 0.0600. The van der Waals surface area contributed by atoms with Crippen molar-refractivity contribution in [3.63, 3.8) is 0 Å². The van der Waals surface area contributed by atoms with Crippen LogP contribution < -0.4 is 5.32 Å². The molecule has 7 heteroatoms. The van der Waals surface area contributed by atoms with Gasteiger partial charge in [0.2, 0.25) is 5.91 Å². The molecule has 2 atom stereocenters. The molecule has 0 spiro atoms. The van der Waals surface area contributed by atoms with E-state index in [0.717, 1.165) is 10.2 Å². The van der Waals surface area contributed by atoms with Crippen molar-refractivity contribution in [3.8, 4) is 0 Å². The minimum Gasteiger partial charge on any atom is -0.451 e. The molecule has 2 rings (SSSR count). The molecule has 0 aliphatic carbocycles. The van der Waals surface area contributed by atoms with E-state index in [1.807, 2.05) is 51.1 Å². The molecule has 134 valence electrons. The van der Waals surface area contributed by atoms with Crippen LogP contribution >= 0.6 is 0 Å². The molecule has 1 N–H and O–H groups in total. The maximum absolute atomic E-state index is 12.6. The number of benzene rings is 1. The largest absolute Gasteiger partial charge is 0.451 e. The summed E-state index contributed by atoms with van der Waals surface area (Å²) in [6, 6.07) is 9.55. The fourth-order valence-corrected chi connectivity index (χ4v) is 2.54. The smallest absolute Gasteiger partial charge is 0.435 e.